The average molecular weight is 223 g/mol. The highest BCUT2D eigenvalue weighted by atomic mass is 127. The van der Waals surface area contributed by atoms with Crippen molar-refractivity contribution in [1.29, 1.82) is 0 Å². The average Bonchev–Trinajstić information content (AvgIpc) is 1.77. The second-order valence-corrected chi connectivity index (χ2v) is 3.43. The molecule has 3 heteroatoms. The molecule has 0 aliphatic carbocycles. The van der Waals surface area contributed by atoms with Gasteiger partial charge in [0.05, 0.1) is 5.70 Å². The number of allylic oxidation sites excluding steroid dienone is 1. The number of rotatable bonds is 0. The minimum absolute atomic E-state index is 0.0461. The molecule has 0 saturated carbocycles. The predicted octanol–water partition coefficient (Wildman–Crippen LogP) is 1.01. The molecule has 44 valence electrons. The van der Waals surface area contributed by atoms with Crippen LogP contribution in [0.4, 0.5) is 0 Å². The van der Waals surface area contributed by atoms with E-state index < -0.39 is 0 Å². The van der Waals surface area contributed by atoms with Gasteiger partial charge < -0.3 is 10.8 Å². The number of aliphatic hydroxyl groups excluding tert-OH is 1. The van der Waals surface area contributed by atoms with Crippen molar-refractivity contribution in [3.8, 4) is 0 Å². The molecule has 8 heavy (non-hydrogen) atoms. The molecule has 0 aromatic carbocycles. The third kappa shape index (κ3) is 1.09. The molecule has 1 heterocycles. The van der Waals surface area contributed by atoms with Crippen LogP contribution in [0, 0.1) is 0 Å². The van der Waals surface area contributed by atoms with Crippen molar-refractivity contribution in [2.45, 2.75) is 0 Å². The van der Waals surface area contributed by atoms with Crippen LogP contribution < -0.4 is 5.73 Å². The van der Waals surface area contributed by atoms with Crippen LogP contribution in [0.5, 0.6) is 0 Å². The van der Waals surface area contributed by atoms with Crippen molar-refractivity contribution in [2.24, 2.45) is 5.73 Å². The lowest BCUT2D eigenvalue weighted by molar-refractivity contribution is 0.424. The Morgan fingerprint density at radius 2 is 2.38 bits per heavy atom. The normalized spacial score (nSPS) is 18.5. The molecule has 0 radical (unpaired) electrons. The lowest BCUT2D eigenvalue weighted by Crippen LogP contribution is -2.01. The van der Waals surface area contributed by atoms with Crippen molar-refractivity contribution in [2.75, 3.05) is 0 Å². The van der Waals surface area contributed by atoms with Crippen molar-refractivity contribution in [3.05, 3.63) is 21.6 Å². The Kier molecular flexibility index (Phi) is 1.67. The Balaban J connectivity index is 2.93. The number of aliphatic hydroxyl groups is 1. The van der Waals surface area contributed by atoms with Crippen molar-refractivity contribution in [1.82, 2.24) is 0 Å². The van der Waals surface area contributed by atoms with Gasteiger partial charge in [-0.3, -0.25) is 0 Å². The fourth-order valence-corrected chi connectivity index (χ4v) is 1.85. The third-order valence-corrected chi connectivity index (χ3v) is 2.50. The molecule has 0 bridgehead atoms. The highest BCUT2D eigenvalue weighted by Crippen LogP contribution is 2.11. The van der Waals surface area contributed by atoms with Gasteiger partial charge in [-0.15, -0.1) is 0 Å². The van der Waals surface area contributed by atoms with Gasteiger partial charge in [0.2, 0.25) is 0 Å². The second-order valence-electron chi connectivity index (χ2n) is 1.37. The molecule has 0 fully saturated rings. The minimum Gasteiger partial charge on any atom is -0.505 e. The fraction of sp³-hybridized carbons (Fsp3) is 0. The van der Waals surface area contributed by atoms with Crippen molar-refractivity contribution in [3.63, 3.8) is 0 Å². The van der Waals surface area contributed by atoms with E-state index in [-0.39, 0.29) is 26.5 Å². The summed E-state index contributed by atoms with van der Waals surface area (Å²) in [4.78, 5) is 0. The molecule has 1 aliphatic rings. The zero-order chi connectivity index (χ0) is 5.98. The number of nitrogens with two attached hydrogens (primary N) is 1. The SMILES string of the molecule is NC1=CC=IC=C1O. The predicted molar refractivity (Wildman–Crippen MR) is 43.1 cm³/mol. The van der Waals surface area contributed by atoms with Gasteiger partial charge in [-0.2, -0.15) is 0 Å². The van der Waals surface area contributed by atoms with Gasteiger partial charge >= 0.3 is 0 Å². The van der Waals surface area contributed by atoms with Gasteiger partial charge in [-0.25, -0.2) is 0 Å². The maximum atomic E-state index is 8.85. The third-order valence-electron chi connectivity index (χ3n) is 0.777. The summed E-state index contributed by atoms with van der Waals surface area (Å²) in [6.07, 6.45) is 1.75. The summed E-state index contributed by atoms with van der Waals surface area (Å²) in [7, 11) is 0. The molecule has 0 spiro atoms. The zero-order valence-electron chi connectivity index (χ0n) is 4.13. The summed E-state index contributed by atoms with van der Waals surface area (Å²) >= 11 is -0.0461. The molecule has 0 aromatic rings. The van der Waals surface area contributed by atoms with E-state index >= 15 is 0 Å². The lowest BCUT2D eigenvalue weighted by atomic mass is 10.4. The monoisotopic (exact) mass is 223 g/mol. The number of halogens is 1. The number of hydrogen-bond donors (Lipinski definition) is 2. The smallest absolute Gasteiger partial charge is 0.144 e. The van der Waals surface area contributed by atoms with Gasteiger partial charge in [0.15, 0.2) is 0 Å². The molecule has 3 N–H and O–H groups in total. The Labute approximate surface area is 57.4 Å². The molecule has 2 nitrogen and oxygen atoms in total. The minimum atomic E-state index is -0.0461. The molecular weight excluding hydrogens is 217 g/mol. The lowest BCUT2D eigenvalue weighted by Gasteiger charge is -1.98. The Bertz CT molecular complexity index is 161. The zero-order valence-corrected chi connectivity index (χ0v) is 6.29. The maximum absolute atomic E-state index is 8.85. The van der Waals surface area contributed by atoms with Gasteiger partial charge in [-0.1, -0.05) is 20.7 Å². The Morgan fingerprint density at radius 1 is 1.62 bits per heavy atom. The summed E-state index contributed by atoms with van der Waals surface area (Å²) in [5.41, 5.74) is 5.79. The molecule has 0 aromatic heterocycles. The van der Waals surface area contributed by atoms with Crippen LogP contribution in [-0.4, -0.2) is 9.12 Å². The standard InChI is InChI=1S/C5H6INO/c7-4-1-2-6-3-5(4)8/h1-3,8H,7H2. The first-order valence-corrected chi connectivity index (χ1v) is 4.60. The van der Waals surface area contributed by atoms with E-state index in [4.69, 9.17) is 10.8 Å². The Hall–Kier alpha value is -0.320. The van der Waals surface area contributed by atoms with Crippen LogP contribution in [0.2, 0.25) is 0 Å². The quantitative estimate of drug-likeness (QED) is 0.602. The van der Waals surface area contributed by atoms with Crippen LogP contribution in [0.3, 0.4) is 0 Å². The first-order valence-electron chi connectivity index (χ1n) is 2.11. The van der Waals surface area contributed by atoms with E-state index in [1.165, 1.54) is 0 Å². The van der Waals surface area contributed by atoms with E-state index in [1.54, 1.807) is 10.2 Å². The van der Waals surface area contributed by atoms with Gasteiger partial charge in [-0.05, 0) is 10.1 Å². The van der Waals surface area contributed by atoms with E-state index in [1.807, 2.05) is 4.01 Å². The largest absolute Gasteiger partial charge is 0.505 e. The Morgan fingerprint density at radius 3 is 2.75 bits per heavy atom. The molecule has 0 unspecified atom stereocenters. The highest BCUT2D eigenvalue weighted by molar-refractivity contribution is 14.2. The van der Waals surface area contributed by atoms with Crippen molar-refractivity contribution >= 4 is 24.7 Å². The van der Waals surface area contributed by atoms with Crippen LogP contribution >= 0.6 is 20.7 Å². The molecule has 1 rings (SSSR count). The molecule has 0 amide bonds. The fourth-order valence-electron chi connectivity index (χ4n) is 0.349. The van der Waals surface area contributed by atoms with E-state index in [9.17, 15) is 0 Å². The van der Waals surface area contributed by atoms with Crippen LogP contribution in [0.25, 0.3) is 0 Å². The first-order chi connectivity index (χ1) is 3.80. The van der Waals surface area contributed by atoms with Crippen molar-refractivity contribution < 1.29 is 5.11 Å². The van der Waals surface area contributed by atoms with E-state index in [0.717, 1.165) is 0 Å². The summed E-state index contributed by atoms with van der Waals surface area (Å²) in [6.45, 7) is 0. The summed E-state index contributed by atoms with van der Waals surface area (Å²) in [5.74, 6) is 0.250. The molecular formula is C5H6INO. The molecule has 0 saturated heterocycles. The maximum Gasteiger partial charge on any atom is 0.144 e. The van der Waals surface area contributed by atoms with Crippen LogP contribution in [0.1, 0.15) is 0 Å². The molecule has 0 atom stereocenters. The number of hydrogen-bond acceptors (Lipinski definition) is 2. The van der Waals surface area contributed by atoms with Gasteiger partial charge in [0, 0.05) is 4.08 Å². The van der Waals surface area contributed by atoms with Gasteiger partial charge in [0.25, 0.3) is 0 Å². The molecule has 1 aliphatic heterocycles. The highest BCUT2D eigenvalue weighted by Gasteiger charge is 1.95. The topological polar surface area (TPSA) is 46.2 Å². The van der Waals surface area contributed by atoms with Crippen LogP contribution in [0.15, 0.2) is 21.6 Å². The summed E-state index contributed by atoms with van der Waals surface area (Å²) in [5, 5.41) is 8.85. The first kappa shape index (κ1) is 5.81. The van der Waals surface area contributed by atoms with E-state index in [0.29, 0.717) is 5.70 Å². The van der Waals surface area contributed by atoms with E-state index in [2.05, 4.69) is 0 Å². The van der Waals surface area contributed by atoms with Crippen LogP contribution in [-0.2, 0) is 0 Å². The summed E-state index contributed by atoms with van der Waals surface area (Å²) in [6, 6.07) is 0. The van der Waals surface area contributed by atoms with Gasteiger partial charge in [0.1, 0.15) is 5.76 Å². The second kappa shape index (κ2) is 2.30. The summed E-state index contributed by atoms with van der Waals surface area (Å²) < 4.78 is 3.79.